The van der Waals surface area contributed by atoms with Crippen LogP contribution in [0, 0.1) is 17.0 Å². The average molecular weight is 600 g/mol. The minimum absolute atomic E-state index is 0.156. The maximum absolute atomic E-state index is 11.9. The molecule has 0 saturated carbocycles. The number of rotatable bonds is 7. The summed E-state index contributed by atoms with van der Waals surface area (Å²) in [5.41, 5.74) is 0.593. The third kappa shape index (κ3) is 5.53. The molecule has 0 bridgehead atoms. The van der Waals surface area contributed by atoms with E-state index in [0.717, 1.165) is 8.95 Å². The summed E-state index contributed by atoms with van der Waals surface area (Å²) in [5, 5.41) is 11.4. The summed E-state index contributed by atoms with van der Waals surface area (Å²) in [5.74, 6) is 1.68. The van der Waals surface area contributed by atoms with Gasteiger partial charge in [-0.2, -0.15) is 0 Å². The molecule has 2 aromatic carbocycles. The van der Waals surface area contributed by atoms with Crippen molar-refractivity contribution in [1.29, 1.82) is 0 Å². The Balaban J connectivity index is 2.35. The Hall–Kier alpha value is -2.09. The van der Waals surface area contributed by atoms with Gasteiger partial charge in [-0.05, 0) is 72.2 Å². The minimum Gasteiger partial charge on any atom is -0.494 e. The number of nitro groups is 1. The van der Waals surface area contributed by atoms with Crippen LogP contribution in [0.4, 0.5) is 11.4 Å². The van der Waals surface area contributed by atoms with E-state index in [0.29, 0.717) is 29.4 Å². The van der Waals surface area contributed by atoms with Crippen LogP contribution in [0.25, 0.3) is 0 Å². The van der Waals surface area contributed by atoms with Crippen LogP contribution in [0.15, 0.2) is 66.6 Å². The van der Waals surface area contributed by atoms with E-state index in [9.17, 15) is 10.1 Å². The zero-order valence-corrected chi connectivity index (χ0v) is 23.0. The van der Waals surface area contributed by atoms with Crippen molar-refractivity contribution in [3.8, 4) is 11.5 Å². The largest absolute Gasteiger partial charge is 0.494 e. The van der Waals surface area contributed by atoms with Gasteiger partial charge in [0.2, 0.25) is 7.28 Å². The lowest BCUT2D eigenvalue weighted by atomic mass is 10.2. The molecule has 0 saturated heterocycles. The zero-order chi connectivity index (χ0) is 24.4. The Morgan fingerprint density at radius 2 is 1.85 bits per heavy atom. The molecule has 176 valence electrons. The number of hydrogen-bond acceptors (Lipinski definition) is 6. The van der Waals surface area contributed by atoms with E-state index < -0.39 is 17.4 Å². The monoisotopic (exact) mass is 598 g/mol. The summed E-state index contributed by atoms with van der Waals surface area (Å²) >= 11 is 7.02. The highest BCUT2D eigenvalue weighted by Crippen LogP contribution is 2.63. The molecular formula is C23H25Br2N2O5P. The Morgan fingerprint density at radius 1 is 1.12 bits per heavy atom. The SMILES string of the molecule is CCOc1ccc(N=[P@@](Oc2ccc(Br)cc2Br)(c2ccc(C)o2)C(C)(C)C)c([N+](=O)[O-])c1. The van der Waals surface area contributed by atoms with Crippen molar-refractivity contribution in [2.24, 2.45) is 4.74 Å². The number of hydrogen-bond donors (Lipinski definition) is 0. The van der Waals surface area contributed by atoms with Gasteiger partial charge in [-0.15, -0.1) is 0 Å². The molecule has 3 rings (SSSR count). The topological polar surface area (TPSA) is 87.1 Å². The molecule has 1 aromatic heterocycles. The van der Waals surface area contributed by atoms with Crippen LogP contribution in [0.3, 0.4) is 0 Å². The van der Waals surface area contributed by atoms with Crippen molar-refractivity contribution >= 4 is 56.0 Å². The van der Waals surface area contributed by atoms with E-state index in [2.05, 4.69) is 31.9 Å². The Kier molecular flexibility index (Phi) is 7.76. The molecule has 3 aromatic rings. The maximum atomic E-state index is 11.9. The average Bonchev–Trinajstić information content (AvgIpc) is 3.16. The highest BCUT2D eigenvalue weighted by atomic mass is 79.9. The van der Waals surface area contributed by atoms with E-state index in [-0.39, 0.29) is 11.4 Å². The zero-order valence-electron chi connectivity index (χ0n) is 19.0. The van der Waals surface area contributed by atoms with Gasteiger partial charge < -0.3 is 13.7 Å². The molecule has 0 unspecified atom stereocenters. The molecule has 0 spiro atoms. The molecule has 0 N–H and O–H groups in total. The Morgan fingerprint density at radius 3 is 2.39 bits per heavy atom. The van der Waals surface area contributed by atoms with Crippen molar-refractivity contribution in [3.05, 3.63) is 73.4 Å². The number of nitro benzene ring substituents is 1. The third-order valence-corrected chi connectivity index (χ3v) is 9.49. The summed E-state index contributed by atoms with van der Waals surface area (Å²) in [6.45, 7) is 10.1. The molecule has 0 radical (unpaired) electrons. The van der Waals surface area contributed by atoms with Gasteiger partial charge in [0, 0.05) is 9.63 Å². The van der Waals surface area contributed by atoms with Gasteiger partial charge in [-0.1, -0.05) is 36.7 Å². The maximum Gasteiger partial charge on any atom is 0.298 e. The summed E-state index contributed by atoms with van der Waals surface area (Å²) in [6, 6.07) is 13.9. The lowest BCUT2D eigenvalue weighted by molar-refractivity contribution is -0.384. The first kappa shape index (κ1) is 25.5. The van der Waals surface area contributed by atoms with Gasteiger partial charge in [0.05, 0.1) is 22.1 Å². The highest BCUT2D eigenvalue weighted by molar-refractivity contribution is 9.11. The molecule has 7 nitrogen and oxygen atoms in total. The van der Waals surface area contributed by atoms with E-state index in [4.69, 9.17) is 18.4 Å². The first-order valence-electron chi connectivity index (χ1n) is 10.2. The van der Waals surface area contributed by atoms with Crippen molar-refractivity contribution in [1.82, 2.24) is 0 Å². The van der Waals surface area contributed by atoms with Gasteiger partial charge in [0.25, 0.3) is 5.69 Å². The predicted molar refractivity (Wildman–Crippen MR) is 139 cm³/mol. The van der Waals surface area contributed by atoms with E-state index in [1.54, 1.807) is 12.1 Å². The van der Waals surface area contributed by atoms with Gasteiger partial charge in [-0.3, -0.25) is 10.1 Å². The first-order valence-corrected chi connectivity index (χ1v) is 13.5. The van der Waals surface area contributed by atoms with Crippen molar-refractivity contribution in [3.63, 3.8) is 0 Å². The molecule has 0 aliphatic carbocycles. The first-order chi connectivity index (χ1) is 15.5. The van der Waals surface area contributed by atoms with Gasteiger partial charge in [-0.25, -0.2) is 4.74 Å². The van der Waals surface area contributed by atoms with Gasteiger partial charge >= 0.3 is 0 Å². The fourth-order valence-electron chi connectivity index (χ4n) is 3.15. The molecule has 1 atom stereocenters. The fourth-order valence-corrected chi connectivity index (χ4v) is 7.33. The van der Waals surface area contributed by atoms with Crippen LogP contribution in [0.1, 0.15) is 33.5 Å². The normalized spacial score (nSPS) is 13.3. The van der Waals surface area contributed by atoms with Crippen molar-refractivity contribution in [2.75, 3.05) is 6.61 Å². The summed E-state index contributed by atoms with van der Waals surface area (Å²) in [7, 11) is -3.03. The molecule has 0 fully saturated rings. The quantitative estimate of drug-likeness (QED) is 0.155. The Bertz CT molecular complexity index is 1230. The van der Waals surface area contributed by atoms with Gasteiger partial charge in [0.1, 0.15) is 22.9 Å². The number of ether oxygens (including phenoxy) is 1. The minimum atomic E-state index is -3.03. The van der Waals surface area contributed by atoms with Crippen LogP contribution in [-0.2, 0) is 0 Å². The second-order valence-electron chi connectivity index (χ2n) is 8.24. The van der Waals surface area contributed by atoms with Crippen LogP contribution in [0.2, 0.25) is 0 Å². The molecule has 33 heavy (non-hydrogen) atoms. The number of halogens is 2. The standard InChI is InChI=1S/C23H25Br2N2O5P/c1-6-30-17-9-10-19(20(14-17)27(28)29)26-33(23(3,4)5,22-12-7-15(2)31-22)32-21-11-8-16(24)13-18(21)25/h7-14H,6H2,1-5H3/t33-/m1/s1. The second-order valence-corrected chi connectivity index (χ2v) is 13.3. The van der Waals surface area contributed by atoms with Crippen molar-refractivity contribution in [2.45, 2.75) is 39.8 Å². The van der Waals surface area contributed by atoms with E-state index in [1.165, 1.54) is 6.07 Å². The van der Waals surface area contributed by atoms with E-state index in [1.807, 2.05) is 65.0 Å². The second kappa shape index (κ2) is 10.0. The fraction of sp³-hybridized carbons (Fsp3) is 0.304. The molecule has 1 heterocycles. The third-order valence-electron chi connectivity index (χ3n) is 4.76. The predicted octanol–water partition coefficient (Wildman–Crippen LogP) is 8.37. The smallest absolute Gasteiger partial charge is 0.298 e. The lowest BCUT2D eigenvalue weighted by Crippen LogP contribution is -2.26. The number of furan rings is 1. The lowest BCUT2D eigenvalue weighted by Gasteiger charge is -2.35. The molecule has 0 amide bonds. The van der Waals surface area contributed by atoms with Crippen LogP contribution in [-0.4, -0.2) is 16.7 Å². The molecule has 10 heteroatoms. The summed E-state index contributed by atoms with van der Waals surface area (Å²) in [4.78, 5) is 11.5. The molecular weight excluding hydrogens is 575 g/mol. The summed E-state index contributed by atoms with van der Waals surface area (Å²) < 4.78 is 24.8. The number of nitrogens with zero attached hydrogens (tertiary/aromatic N) is 2. The summed E-state index contributed by atoms with van der Waals surface area (Å²) in [6.07, 6.45) is 0. The number of benzene rings is 2. The van der Waals surface area contributed by atoms with Crippen LogP contribution >= 0.6 is 39.1 Å². The molecule has 0 aliphatic rings. The number of aryl methyl sites for hydroxylation is 1. The van der Waals surface area contributed by atoms with Crippen LogP contribution in [0.5, 0.6) is 11.5 Å². The van der Waals surface area contributed by atoms with Crippen LogP contribution < -0.4 is 14.8 Å². The Labute approximate surface area is 210 Å². The van der Waals surface area contributed by atoms with E-state index >= 15 is 0 Å². The molecule has 0 aliphatic heterocycles. The highest BCUT2D eigenvalue weighted by Gasteiger charge is 2.42. The van der Waals surface area contributed by atoms with Crippen molar-refractivity contribution < 1.29 is 18.6 Å². The van der Waals surface area contributed by atoms with Gasteiger partial charge in [0.15, 0.2) is 5.50 Å².